The Bertz CT molecular complexity index is 331. The zero-order chi connectivity index (χ0) is 10.8. The minimum absolute atomic E-state index is 0.367. The Morgan fingerprint density at radius 3 is 2.80 bits per heavy atom. The molecule has 3 nitrogen and oxygen atoms in total. The van der Waals surface area contributed by atoms with Crippen molar-refractivity contribution in [3.05, 3.63) is 23.8 Å². The molecule has 1 atom stereocenters. The summed E-state index contributed by atoms with van der Waals surface area (Å²) in [6.45, 7) is 4.10. The molecule has 3 heteroatoms. The molecule has 0 bridgehead atoms. The van der Waals surface area contributed by atoms with E-state index in [4.69, 9.17) is 10.5 Å². The SMILES string of the molecule is COC1CCN(c2cc(C)cc(N)c2)C1. The summed E-state index contributed by atoms with van der Waals surface area (Å²) in [6.07, 6.45) is 1.47. The van der Waals surface area contributed by atoms with Gasteiger partial charge in [-0.2, -0.15) is 0 Å². The molecule has 0 amide bonds. The van der Waals surface area contributed by atoms with Crippen molar-refractivity contribution in [2.75, 3.05) is 30.8 Å². The van der Waals surface area contributed by atoms with E-state index in [1.807, 2.05) is 12.1 Å². The summed E-state index contributed by atoms with van der Waals surface area (Å²) < 4.78 is 5.35. The van der Waals surface area contributed by atoms with E-state index in [1.165, 1.54) is 11.3 Å². The third-order valence-electron chi connectivity index (χ3n) is 2.93. The highest BCUT2D eigenvalue weighted by atomic mass is 16.5. The highest BCUT2D eigenvalue weighted by Gasteiger charge is 2.22. The minimum Gasteiger partial charge on any atom is -0.399 e. The summed E-state index contributed by atoms with van der Waals surface area (Å²) in [7, 11) is 1.78. The largest absolute Gasteiger partial charge is 0.399 e. The molecule has 1 saturated heterocycles. The molecular weight excluding hydrogens is 188 g/mol. The molecule has 0 aromatic heterocycles. The quantitative estimate of drug-likeness (QED) is 0.750. The number of nitrogens with zero attached hydrogens (tertiary/aromatic N) is 1. The summed E-state index contributed by atoms with van der Waals surface area (Å²) in [5.41, 5.74) is 9.10. The van der Waals surface area contributed by atoms with Crippen LogP contribution in [0, 0.1) is 6.92 Å². The molecule has 0 radical (unpaired) electrons. The van der Waals surface area contributed by atoms with Gasteiger partial charge in [0, 0.05) is 31.6 Å². The van der Waals surface area contributed by atoms with E-state index < -0.39 is 0 Å². The van der Waals surface area contributed by atoms with Gasteiger partial charge in [0.2, 0.25) is 0 Å². The van der Waals surface area contributed by atoms with Crippen LogP contribution in [-0.4, -0.2) is 26.3 Å². The van der Waals surface area contributed by atoms with Gasteiger partial charge in [-0.3, -0.25) is 0 Å². The van der Waals surface area contributed by atoms with Crippen molar-refractivity contribution < 1.29 is 4.74 Å². The van der Waals surface area contributed by atoms with Crippen LogP contribution in [-0.2, 0) is 4.74 Å². The number of nitrogens with two attached hydrogens (primary N) is 1. The van der Waals surface area contributed by atoms with Crippen molar-refractivity contribution in [3.8, 4) is 0 Å². The normalized spacial score (nSPS) is 20.9. The van der Waals surface area contributed by atoms with Crippen LogP contribution in [0.2, 0.25) is 0 Å². The number of nitrogen functional groups attached to an aromatic ring is 1. The maximum Gasteiger partial charge on any atom is 0.0762 e. The van der Waals surface area contributed by atoms with E-state index in [9.17, 15) is 0 Å². The molecule has 2 N–H and O–H groups in total. The molecule has 1 fully saturated rings. The number of hydrogen-bond acceptors (Lipinski definition) is 3. The van der Waals surface area contributed by atoms with Gasteiger partial charge in [-0.05, 0) is 37.1 Å². The molecule has 1 aromatic carbocycles. The number of anilines is 2. The average molecular weight is 206 g/mol. The Labute approximate surface area is 90.8 Å². The van der Waals surface area contributed by atoms with Crippen LogP contribution in [0.3, 0.4) is 0 Å². The maximum absolute atomic E-state index is 5.84. The predicted octanol–water partition coefficient (Wildman–Crippen LogP) is 1.80. The molecule has 82 valence electrons. The monoisotopic (exact) mass is 206 g/mol. The zero-order valence-electron chi connectivity index (χ0n) is 9.36. The van der Waals surface area contributed by atoms with Crippen LogP contribution in [0.4, 0.5) is 11.4 Å². The van der Waals surface area contributed by atoms with E-state index in [0.29, 0.717) is 6.10 Å². The summed E-state index contributed by atoms with van der Waals surface area (Å²) in [6, 6.07) is 6.20. The van der Waals surface area contributed by atoms with Crippen LogP contribution >= 0.6 is 0 Å². The van der Waals surface area contributed by atoms with E-state index in [0.717, 1.165) is 25.2 Å². The summed E-state index contributed by atoms with van der Waals surface area (Å²) in [4.78, 5) is 2.33. The van der Waals surface area contributed by atoms with Crippen LogP contribution in [0.25, 0.3) is 0 Å². The smallest absolute Gasteiger partial charge is 0.0762 e. The average Bonchev–Trinajstić information content (AvgIpc) is 2.64. The van der Waals surface area contributed by atoms with Crippen molar-refractivity contribution >= 4 is 11.4 Å². The second-order valence-corrected chi connectivity index (χ2v) is 4.19. The Morgan fingerprint density at radius 1 is 1.40 bits per heavy atom. The van der Waals surface area contributed by atoms with Gasteiger partial charge in [0.25, 0.3) is 0 Å². The van der Waals surface area contributed by atoms with Crippen LogP contribution in [0.1, 0.15) is 12.0 Å². The van der Waals surface area contributed by atoms with Crippen molar-refractivity contribution in [3.63, 3.8) is 0 Å². The molecule has 1 aromatic rings. The van der Waals surface area contributed by atoms with Gasteiger partial charge in [-0.25, -0.2) is 0 Å². The van der Waals surface area contributed by atoms with Gasteiger partial charge in [-0.15, -0.1) is 0 Å². The van der Waals surface area contributed by atoms with Crippen LogP contribution in [0.15, 0.2) is 18.2 Å². The molecule has 1 unspecified atom stereocenters. The molecular formula is C12H18N2O. The fourth-order valence-corrected chi connectivity index (χ4v) is 2.13. The predicted molar refractivity (Wildman–Crippen MR) is 63.2 cm³/mol. The van der Waals surface area contributed by atoms with Crippen LogP contribution in [0.5, 0.6) is 0 Å². The fourth-order valence-electron chi connectivity index (χ4n) is 2.13. The van der Waals surface area contributed by atoms with Gasteiger partial charge in [0.15, 0.2) is 0 Å². The van der Waals surface area contributed by atoms with Gasteiger partial charge >= 0.3 is 0 Å². The molecule has 2 rings (SSSR count). The Balaban J connectivity index is 2.16. The van der Waals surface area contributed by atoms with Gasteiger partial charge < -0.3 is 15.4 Å². The van der Waals surface area contributed by atoms with Gasteiger partial charge in [0.05, 0.1) is 6.10 Å². The van der Waals surface area contributed by atoms with Gasteiger partial charge in [-0.1, -0.05) is 0 Å². The van der Waals surface area contributed by atoms with Crippen molar-refractivity contribution in [1.29, 1.82) is 0 Å². The molecule has 1 aliphatic rings. The first-order valence-corrected chi connectivity index (χ1v) is 5.34. The number of aryl methyl sites for hydroxylation is 1. The Hall–Kier alpha value is -1.22. The molecule has 1 aliphatic heterocycles. The second kappa shape index (κ2) is 4.11. The summed E-state index contributed by atoms with van der Waals surface area (Å²) >= 11 is 0. The lowest BCUT2D eigenvalue weighted by molar-refractivity contribution is 0.121. The van der Waals surface area contributed by atoms with Crippen molar-refractivity contribution in [1.82, 2.24) is 0 Å². The number of hydrogen-bond donors (Lipinski definition) is 1. The van der Waals surface area contributed by atoms with Crippen LogP contribution < -0.4 is 10.6 Å². The topological polar surface area (TPSA) is 38.5 Å². The Morgan fingerprint density at radius 2 is 2.20 bits per heavy atom. The lowest BCUT2D eigenvalue weighted by Crippen LogP contribution is -2.22. The first-order valence-electron chi connectivity index (χ1n) is 5.34. The molecule has 1 heterocycles. The molecule has 0 spiro atoms. The lowest BCUT2D eigenvalue weighted by atomic mass is 10.2. The second-order valence-electron chi connectivity index (χ2n) is 4.19. The number of methoxy groups -OCH3 is 1. The van der Waals surface area contributed by atoms with Crippen molar-refractivity contribution in [2.45, 2.75) is 19.4 Å². The Kier molecular flexibility index (Phi) is 2.82. The first-order chi connectivity index (χ1) is 7.19. The van der Waals surface area contributed by atoms with E-state index in [-0.39, 0.29) is 0 Å². The van der Waals surface area contributed by atoms with E-state index in [1.54, 1.807) is 7.11 Å². The standard InChI is InChI=1S/C12H18N2O/c1-9-5-10(13)7-11(6-9)14-4-3-12(8-14)15-2/h5-7,12H,3-4,8,13H2,1-2H3. The fraction of sp³-hybridized carbons (Fsp3) is 0.500. The van der Waals surface area contributed by atoms with Crippen molar-refractivity contribution in [2.24, 2.45) is 0 Å². The lowest BCUT2D eigenvalue weighted by Gasteiger charge is -2.19. The molecule has 0 saturated carbocycles. The number of rotatable bonds is 2. The maximum atomic E-state index is 5.84. The highest BCUT2D eigenvalue weighted by molar-refractivity contribution is 5.58. The summed E-state index contributed by atoms with van der Waals surface area (Å²) in [5.74, 6) is 0. The number of ether oxygens (including phenoxy) is 1. The molecule has 15 heavy (non-hydrogen) atoms. The third kappa shape index (κ3) is 2.23. The first kappa shape index (κ1) is 10.3. The highest BCUT2D eigenvalue weighted by Crippen LogP contribution is 2.24. The van der Waals surface area contributed by atoms with E-state index in [2.05, 4.69) is 17.9 Å². The van der Waals surface area contributed by atoms with Gasteiger partial charge in [0.1, 0.15) is 0 Å². The molecule has 0 aliphatic carbocycles. The minimum atomic E-state index is 0.367. The number of benzene rings is 1. The third-order valence-corrected chi connectivity index (χ3v) is 2.93. The van der Waals surface area contributed by atoms with E-state index >= 15 is 0 Å². The zero-order valence-corrected chi connectivity index (χ0v) is 9.36. The summed E-state index contributed by atoms with van der Waals surface area (Å²) in [5, 5.41) is 0.